The van der Waals surface area contributed by atoms with Crippen LogP contribution in [-0.2, 0) is 21.8 Å². The van der Waals surface area contributed by atoms with E-state index in [4.69, 9.17) is 14.6 Å². The molecule has 2 unspecified atom stereocenters. The van der Waals surface area contributed by atoms with Crippen molar-refractivity contribution >= 4 is 39.9 Å². The fourth-order valence-corrected chi connectivity index (χ4v) is 4.52. The second-order valence-corrected chi connectivity index (χ2v) is 15.3. The van der Waals surface area contributed by atoms with Crippen LogP contribution in [0.2, 0.25) is 0 Å². The SMILES string of the molecule is CC(C)C(CS(=O)C(C)(C)C)c1occc1C(=O)O.CC(C)C=N[S@@](=O)C(C)(C)C.O=C(O)c1ccoc1. The molecule has 2 N–H and O–H groups in total. The first-order chi connectivity index (χ1) is 17.3. The van der Waals surface area contributed by atoms with Crippen LogP contribution in [0, 0.1) is 11.8 Å². The Balaban J connectivity index is 0.000000606. The first kappa shape index (κ1) is 35.5. The summed E-state index contributed by atoms with van der Waals surface area (Å²) < 4.78 is 36.8. The number of hydrogen-bond donors (Lipinski definition) is 2. The predicted molar refractivity (Wildman–Crippen MR) is 153 cm³/mol. The molecule has 11 heteroatoms. The highest BCUT2D eigenvalue weighted by molar-refractivity contribution is 7.86. The monoisotopic (exact) mass is 573 g/mol. The van der Waals surface area contributed by atoms with Gasteiger partial charge in [0.1, 0.15) is 28.6 Å². The number of aromatic carboxylic acids is 2. The second kappa shape index (κ2) is 15.8. The molecular formula is C27H43NO8S2. The molecule has 0 saturated heterocycles. The maximum absolute atomic E-state index is 12.3. The Hall–Kier alpha value is -2.53. The normalized spacial score (nSPS) is 14.3. The van der Waals surface area contributed by atoms with Gasteiger partial charge in [-0.2, -0.15) is 4.40 Å². The maximum Gasteiger partial charge on any atom is 0.339 e. The van der Waals surface area contributed by atoms with Crippen molar-refractivity contribution in [3.05, 3.63) is 47.8 Å². The lowest BCUT2D eigenvalue weighted by molar-refractivity contribution is 0.0683. The van der Waals surface area contributed by atoms with Gasteiger partial charge in [0.2, 0.25) is 0 Å². The zero-order valence-electron chi connectivity index (χ0n) is 24.0. The summed E-state index contributed by atoms with van der Waals surface area (Å²) in [7, 11) is -2.14. The summed E-state index contributed by atoms with van der Waals surface area (Å²) in [5, 5.41) is 17.4. The molecule has 2 aromatic heterocycles. The fourth-order valence-electron chi connectivity index (χ4n) is 2.49. The molecule has 38 heavy (non-hydrogen) atoms. The summed E-state index contributed by atoms with van der Waals surface area (Å²) in [5.41, 5.74) is 0.356. The first-order valence-corrected chi connectivity index (χ1v) is 14.6. The van der Waals surface area contributed by atoms with Gasteiger partial charge < -0.3 is 19.0 Å². The third kappa shape index (κ3) is 13.3. The van der Waals surface area contributed by atoms with Crippen LogP contribution in [0.1, 0.15) is 102 Å². The molecule has 2 heterocycles. The van der Waals surface area contributed by atoms with Gasteiger partial charge in [-0.3, -0.25) is 4.21 Å². The standard InChI is InChI=1S/C14H22O4S.C8H17NOS.C5H4O3/c1-9(2)11(8-19(17)14(3,4)5)12-10(13(15)16)6-7-18-12;1-7(2)6-9-11(10)8(3,4)5;6-5(7)4-1-2-8-3-4/h6-7,9,11H,8H2,1-5H3,(H,15,16);6-7H,1-5H3;1-3H,(H,6,7)/t;11-;/m.0./s1. The number of carboxylic acids is 2. The van der Waals surface area contributed by atoms with E-state index in [1.54, 1.807) is 6.21 Å². The van der Waals surface area contributed by atoms with Gasteiger partial charge >= 0.3 is 11.9 Å². The molecule has 0 aromatic carbocycles. The third-order valence-electron chi connectivity index (χ3n) is 4.83. The van der Waals surface area contributed by atoms with Gasteiger partial charge in [0.05, 0.1) is 22.8 Å². The Morgan fingerprint density at radius 2 is 1.53 bits per heavy atom. The lowest BCUT2D eigenvalue weighted by Crippen LogP contribution is -2.28. The van der Waals surface area contributed by atoms with Crippen LogP contribution < -0.4 is 0 Å². The topological polar surface area (TPSA) is 147 Å². The molecule has 2 rings (SSSR count). The molecule has 0 bridgehead atoms. The average Bonchev–Trinajstić information content (AvgIpc) is 3.47. The van der Waals surface area contributed by atoms with Crippen LogP contribution in [0.5, 0.6) is 0 Å². The number of carboxylic acid groups (broad SMARTS) is 2. The van der Waals surface area contributed by atoms with Crippen molar-refractivity contribution in [3.8, 4) is 0 Å². The van der Waals surface area contributed by atoms with Crippen LogP contribution in [-0.4, -0.2) is 52.0 Å². The maximum atomic E-state index is 12.3. The van der Waals surface area contributed by atoms with Crippen molar-refractivity contribution < 1.29 is 37.1 Å². The van der Waals surface area contributed by atoms with Crippen molar-refractivity contribution in [2.75, 3.05) is 5.75 Å². The highest BCUT2D eigenvalue weighted by Gasteiger charge is 2.30. The molecule has 0 saturated carbocycles. The van der Waals surface area contributed by atoms with E-state index in [1.165, 1.54) is 30.9 Å². The van der Waals surface area contributed by atoms with Gasteiger partial charge in [0.25, 0.3) is 0 Å². The van der Waals surface area contributed by atoms with Crippen molar-refractivity contribution in [3.63, 3.8) is 0 Å². The molecular weight excluding hydrogens is 530 g/mol. The van der Waals surface area contributed by atoms with E-state index >= 15 is 0 Å². The minimum Gasteiger partial charge on any atom is -0.478 e. The lowest BCUT2D eigenvalue weighted by atomic mass is 9.93. The summed E-state index contributed by atoms with van der Waals surface area (Å²) >= 11 is 0. The smallest absolute Gasteiger partial charge is 0.339 e. The highest BCUT2D eigenvalue weighted by atomic mass is 32.2. The van der Waals surface area contributed by atoms with E-state index in [0.717, 1.165) is 0 Å². The van der Waals surface area contributed by atoms with Gasteiger partial charge in [-0.05, 0) is 65.5 Å². The van der Waals surface area contributed by atoms with E-state index in [2.05, 4.69) is 8.81 Å². The Morgan fingerprint density at radius 1 is 0.947 bits per heavy atom. The van der Waals surface area contributed by atoms with E-state index in [0.29, 0.717) is 17.4 Å². The van der Waals surface area contributed by atoms with Crippen molar-refractivity contribution in [2.45, 2.75) is 84.6 Å². The number of nitrogens with zero attached hydrogens (tertiary/aromatic N) is 1. The van der Waals surface area contributed by atoms with Gasteiger partial charge in [-0.15, -0.1) is 0 Å². The van der Waals surface area contributed by atoms with E-state index in [9.17, 15) is 18.0 Å². The molecule has 0 aliphatic heterocycles. The summed E-state index contributed by atoms with van der Waals surface area (Å²) in [6, 6.07) is 2.84. The van der Waals surface area contributed by atoms with E-state index in [1.807, 2.05) is 69.2 Å². The molecule has 3 atom stereocenters. The molecule has 0 aliphatic carbocycles. The summed E-state index contributed by atoms with van der Waals surface area (Å²) in [4.78, 5) is 21.2. The Labute approximate surface area is 231 Å². The number of furan rings is 2. The van der Waals surface area contributed by atoms with Crippen molar-refractivity contribution in [1.29, 1.82) is 0 Å². The summed E-state index contributed by atoms with van der Waals surface area (Å²) in [5.74, 6) is -0.734. The number of carbonyl (C=O) groups is 2. The van der Waals surface area contributed by atoms with Gasteiger partial charge in [0.15, 0.2) is 0 Å². The predicted octanol–water partition coefficient (Wildman–Crippen LogP) is 6.42. The van der Waals surface area contributed by atoms with Crippen LogP contribution in [0.4, 0.5) is 0 Å². The number of rotatable bonds is 8. The van der Waals surface area contributed by atoms with Gasteiger partial charge in [-0.25, -0.2) is 13.8 Å². The number of hydrogen-bond acceptors (Lipinski definition) is 6. The molecule has 0 spiro atoms. The van der Waals surface area contributed by atoms with Crippen LogP contribution in [0.3, 0.4) is 0 Å². The molecule has 0 amide bonds. The molecule has 9 nitrogen and oxygen atoms in total. The molecule has 0 fully saturated rings. The third-order valence-corrected chi connectivity index (χ3v) is 8.22. The molecule has 216 valence electrons. The summed E-state index contributed by atoms with van der Waals surface area (Å²) in [6.45, 7) is 19.5. The van der Waals surface area contributed by atoms with E-state index in [-0.39, 0.29) is 32.5 Å². The largest absolute Gasteiger partial charge is 0.478 e. The Bertz CT molecular complexity index is 1070. The van der Waals surface area contributed by atoms with Crippen LogP contribution in [0.25, 0.3) is 0 Å². The Morgan fingerprint density at radius 3 is 1.87 bits per heavy atom. The summed E-state index contributed by atoms with van der Waals surface area (Å²) in [6.07, 6.45) is 5.63. The van der Waals surface area contributed by atoms with Gasteiger partial charge in [0, 0.05) is 33.4 Å². The highest BCUT2D eigenvalue weighted by Crippen LogP contribution is 2.31. The van der Waals surface area contributed by atoms with Crippen LogP contribution in [0.15, 0.2) is 44.2 Å². The molecule has 0 radical (unpaired) electrons. The zero-order valence-corrected chi connectivity index (χ0v) is 25.6. The average molecular weight is 574 g/mol. The quantitative estimate of drug-likeness (QED) is 0.344. The van der Waals surface area contributed by atoms with Crippen molar-refractivity contribution in [2.24, 2.45) is 16.2 Å². The first-order valence-electron chi connectivity index (χ1n) is 12.2. The molecule has 2 aromatic rings. The lowest BCUT2D eigenvalue weighted by Gasteiger charge is -2.24. The van der Waals surface area contributed by atoms with Gasteiger partial charge in [-0.1, -0.05) is 27.7 Å². The van der Waals surface area contributed by atoms with Crippen molar-refractivity contribution in [1.82, 2.24) is 0 Å². The Kier molecular flexibility index (Phi) is 14.7. The molecule has 0 aliphatic rings. The fraction of sp³-hybridized carbons (Fsp3) is 0.593. The zero-order chi connectivity index (χ0) is 29.8. The second-order valence-electron chi connectivity index (χ2n) is 11.2. The minimum absolute atomic E-state index is 0.152. The van der Waals surface area contributed by atoms with Crippen LogP contribution >= 0.6 is 0 Å². The minimum atomic E-state index is -1.09. The van der Waals surface area contributed by atoms with E-state index < -0.39 is 33.7 Å².